The molecule has 148 valence electrons. The summed E-state index contributed by atoms with van der Waals surface area (Å²) in [5.74, 6) is 3.02. The third kappa shape index (κ3) is 3.57. The third-order valence-electron chi connectivity index (χ3n) is 6.54. The third-order valence-corrected chi connectivity index (χ3v) is 7.39. The van der Waals surface area contributed by atoms with E-state index in [1.54, 1.807) is 35.1 Å². The highest BCUT2D eigenvalue weighted by Gasteiger charge is 2.51. The number of nitrogens with one attached hydrogen (secondary N) is 1. The zero-order valence-corrected chi connectivity index (χ0v) is 17.9. The Kier molecular flexibility index (Phi) is 4.67. The minimum Gasteiger partial charge on any atom is -0.470 e. The van der Waals surface area contributed by atoms with E-state index in [2.05, 4.69) is 26.3 Å². The van der Waals surface area contributed by atoms with Gasteiger partial charge < -0.3 is 10.1 Å². The lowest BCUT2D eigenvalue weighted by molar-refractivity contribution is -0.0168. The van der Waals surface area contributed by atoms with Gasteiger partial charge in [0.15, 0.2) is 6.73 Å². The average molecular weight is 465 g/mol. The highest BCUT2D eigenvalue weighted by Crippen LogP contribution is 2.55. The van der Waals surface area contributed by atoms with Gasteiger partial charge in [-0.3, -0.25) is 4.79 Å². The molecule has 4 aliphatic rings. The first kappa shape index (κ1) is 18.5. The molecular weight excluding hydrogens is 442 g/mol. The van der Waals surface area contributed by atoms with E-state index in [0.29, 0.717) is 16.5 Å². The fraction of sp³-hybridized carbons (Fsp3) is 0.524. The number of nitrogens with zero attached hydrogens (tertiary/aromatic N) is 2. The normalized spacial score (nSPS) is 30.4. The zero-order chi connectivity index (χ0) is 19.3. The molecule has 4 fully saturated rings. The molecule has 4 aliphatic carbocycles. The summed E-state index contributed by atoms with van der Waals surface area (Å²) in [6.07, 6.45) is 9.28. The summed E-state index contributed by atoms with van der Waals surface area (Å²) in [4.78, 5) is 12.9. The van der Waals surface area contributed by atoms with Crippen LogP contribution in [0.5, 0.6) is 5.75 Å². The maximum absolute atomic E-state index is 12.9. The number of carbonyl (C=O) groups is 1. The highest BCUT2D eigenvalue weighted by atomic mass is 79.9. The van der Waals surface area contributed by atoms with Crippen LogP contribution in [-0.2, 0) is 6.73 Å². The Bertz CT molecular complexity index is 878. The van der Waals surface area contributed by atoms with Crippen LogP contribution in [0, 0.1) is 17.8 Å². The monoisotopic (exact) mass is 463 g/mol. The number of rotatable bonds is 5. The van der Waals surface area contributed by atoms with Crippen LogP contribution in [0.3, 0.4) is 0 Å². The molecule has 0 saturated heterocycles. The van der Waals surface area contributed by atoms with E-state index in [9.17, 15) is 4.79 Å². The van der Waals surface area contributed by atoms with E-state index < -0.39 is 0 Å². The standard InChI is InChI=1S/C21H23BrClN3O2/c22-17-8-16(23)1-2-19(17)28-12-26-4-3-18(25-26)20(27)24-21-9-13-5-14(10-21)7-15(6-13)11-21/h1-4,8,13-15H,5-7,9-12H2,(H,24,27). The molecule has 0 atom stereocenters. The SMILES string of the molecule is O=C(NC12CC3CC(CC(C3)C1)C2)c1ccn(COc2ccc(Cl)cc2Br)n1. The molecule has 5 nitrogen and oxygen atoms in total. The van der Waals surface area contributed by atoms with Crippen molar-refractivity contribution in [1.29, 1.82) is 0 Å². The van der Waals surface area contributed by atoms with Crippen molar-refractivity contribution < 1.29 is 9.53 Å². The fourth-order valence-electron chi connectivity index (χ4n) is 5.85. The molecule has 1 amide bonds. The van der Waals surface area contributed by atoms with Crippen LogP contribution in [0.4, 0.5) is 0 Å². The molecule has 0 spiro atoms. The number of ether oxygens (including phenoxy) is 1. The summed E-state index contributed by atoms with van der Waals surface area (Å²) < 4.78 is 8.19. The molecule has 1 N–H and O–H groups in total. The van der Waals surface area contributed by atoms with E-state index in [-0.39, 0.29) is 18.2 Å². The lowest BCUT2D eigenvalue weighted by atomic mass is 9.53. The van der Waals surface area contributed by atoms with Gasteiger partial charge in [-0.15, -0.1) is 0 Å². The first-order valence-electron chi connectivity index (χ1n) is 9.92. The summed E-state index contributed by atoms with van der Waals surface area (Å²) in [5.41, 5.74) is 0.454. The second-order valence-corrected chi connectivity index (χ2v) is 10.0. The lowest BCUT2D eigenvalue weighted by Crippen LogP contribution is -2.59. The molecule has 1 heterocycles. The van der Waals surface area contributed by atoms with Crippen molar-refractivity contribution in [3.05, 3.63) is 45.7 Å². The summed E-state index contributed by atoms with van der Waals surface area (Å²) >= 11 is 9.39. The smallest absolute Gasteiger partial charge is 0.272 e. The Balaban J connectivity index is 1.23. The largest absolute Gasteiger partial charge is 0.470 e. The molecule has 4 bridgehead atoms. The predicted octanol–water partition coefficient (Wildman–Crippen LogP) is 5.03. The molecule has 1 aromatic heterocycles. The van der Waals surface area contributed by atoms with Gasteiger partial charge in [0.25, 0.3) is 5.91 Å². The molecular formula is C21H23BrClN3O2. The molecule has 0 unspecified atom stereocenters. The first-order chi connectivity index (χ1) is 13.5. The Morgan fingerprint density at radius 2 is 1.89 bits per heavy atom. The van der Waals surface area contributed by atoms with Crippen molar-refractivity contribution in [2.45, 2.75) is 50.8 Å². The van der Waals surface area contributed by atoms with Crippen molar-refractivity contribution in [3.8, 4) is 5.75 Å². The van der Waals surface area contributed by atoms with Crippen LogP contribution in [0.15, 0.2) is 34.9 Å². The van der Waals surface area contributed by atoms with Gasteiger partial charge in [-0.05, 0) is 96.5 Å². The summed E-state index contributed by atoms with van der Waals surface area (Å²) in [6.45, 7) is 0.227. The predicted molar refractivity (Wildman–Crippen MR) is 110 cm³/mol. The number of aromatic nitrogens is 2. The van der Waals surface area contributed by atoms with Gasteiger partial charge in [0.2, 0.25) is 0 Å². The van der Waals surface area contributed by atoms with Crippen molar-refractivity contribution in [1.82, 2.24) is 15.1 Å². The minimum absolute atomic E-state index is 0.000282. The Hall–Kier alpha value is -1.53. The Morgan fingerprint density at radius 1 is 1.21 bits per heavy atom. The number of halogens is 2. The van der Waals surface area contributed by atoms with Crippen LogP contribution >= 0.6 is 27.5 Å². The first-order valence-corrected chi connectivity index (χ1v) is 11.1. The highest BCUT2D eigenvalue weighted by molar-refractivity contribution is 9.10. The van der Waals surface area contributed by atoms with Gasteiger partial charge in [0.05, 0.1) is 4.47 Å². The van der Waals surface area contributed by atoms with Crippen molar-refractivity contribution in [2.75, 3.05) is 0 Å². The Labute approximate surface area is 177 Å². The molecule has 7 heteroatoms. The van der Waals surface area contributed by atoms with Crippen molar-refractivity contribution in [3.63, 3.8) is 0 Å². The molecule has 2 aromatic rings. The quantitative estimate of drug-likeness (QED) is 0.675. The minimum atomic E-state index is -0.0617. The fourth-order valence-corrected chi connectivity index (χ4v) is 6.65. The summed E-state index contributed by atoms with van der Waals surface area (Å²) in [7, 11) is 0. The van der Waals surface area contributed by atoms with Gasteiger partial charge in [0, 0.05) is 16.8 Å². The summed E-state index contributed by atoms with van der Waals surface area (Å²) in [6, 6.07) is 7.12. The van der Waals surface area contributed by atoms with Crippen LogP contribution < -0.4 is 10.1 Å². The van der Waals surface area contributed by atoms with Crippen molar-refractivity contribution >= 4 is 33.4 Å². The van der Waals surface area contributed by atoms with E-state index in [4.69, 9.17) is 16.3 Å². The van der Waals surface area contributed by atoms with Gasteiger partial charge in [-0.1, -0.05) is 11.6 Å². The second-order valence-electron chi connectivity index (χ2n) is 8.74. The van der Waals surface area contributed by atoms with Crippen LogP contribution in [0.2, 0.25) is 5.02 Å². The van der Waals surface area contributed by atoms with E-state index in [1.807, 2.05) is 0 Å². The van der Waals surface area contributed by atoms with Gasteiger partial charge in [-0.25, -0.2) is 4.68 Å². The van der Waals surface area contributed by atoms with Gasteiger partial charge >= 0.3 is 0 Å². The summed E-state index contributed by atoms with van der Waals surface area (Å²) in [5, 5.41) is 8.42. The van der Waals surface area contributed by atoms with E-state index in [1.165, 1.54) is 19.3 Å². The van der Waals surface area contributed by atoms with Crippen LogP contribution in [-0.4, -0.2) is 21.2 Å². The Morgan fingerprint density at radius 3 is 2.54 bits per heavy atom. The van der Waals surface area contributed by atoms with Crippen molar-refractivity contribution in [2.24, 2.45) is 17.8 Å². The number of hydrogen-bond acceptors (Lipinski definition) is 3. The maximum Gasteiger partial charge on any atom is 0.272 e. The number of hydrogen-bond donors (Lipinski definition) is 1. The average Bonchev–Trinajstić information content (AvgIpc) is 3.08. The molecule has 28 heavy (non-hydrogen) atoms. The topological polar surface area (TPSA) is 56.2 Å². The molecule has 0 radical (unpaired) electrons. The van der Waals surface area contributed by atoms with E-state index >= 15 is 0 Å². The molecule has 6 rings (SSSR count). The number of carbonyl (C=O) groups excluding carboxylic acids is 1. The van der Waals surface area contributed by atoms with Crippen LogP contribution in [0.25, 0.3) is 0 Å². The van der Waals surface area contributed by atoms with Gasteiger partial charge in [-0.2, -0.15) is 5.10 Å². The number of benzene rings is 1. The lowest BCUT2D eigenvalue weighted by Gasteiger charge is -2.56. The van der Waals surface area contributed by atoms with E-state index in [0.717, 1.165) is 41.5 Å². The second kappa shape index (κ2) is 7.06. The van der Waals surface area contributed by atoms with Crippen LogP contribution in [0.1, 0.15) is 49.0 Å². The molecule has 4 saturated carbocycles. The molecule has 1 aromatic carbocycles. The van der Waals surface area contributed by atoms with Gasteiger partial charge in [0.1, 0.15) is 11.4 Å². The zero-order valence-electron chi connectivity index (χ0n) is 15.5. The molecule has 0 aliphatic heterocycles. The number of amides is 1. The maximum atomic E-state index is 12.9.